The average Bonchev–Trinajstić information content (AvgIpc) is 2.87. The molecule has 5 nitrogen and oxygen atoms in total. The summed E-state index contributed by atoms with van der Waals surface area (Å²) in [6, 6.07) is 7.46. The largest absolute Gasteiger partial charge is 0.385 e. The molecule has 2 aromatic rings. The highest BCUT2D eigenvalue weighted by atomic mass is 16.1. The van der Waals surface area contributed by atoms with Crippen molar-refractivity contribution in [3.05, 3.63) is 42.2 Å². The van der Waals surface area contributed by atoms with Crippen LogP contribution in [-0.4, -0.2) is 22.2 Å². The zero-order chi connectivity index (χ0) is 13.7. The zero-order valence-electron chi connectivity index (χ0n) is 11.2. The van der Waals surface area contributed by atoms with E-state index in [1.807, 2.05) is 38.2 Å². The summed E-state index contributed by atoms with van der Waals surface area (Å²) in [5, 5.41) is 10.2. The SMILES string of the molecule is CCNc1ccccc1C(=O)Nc1cnn(CC)c1. The number of anilines is 2. The standard InChI is InChI=1S/C14H18N4O/c1-3-15-13-8-6-5-7-12(13)14(19)17-11-9-16-18(4-2)10-11/h5-10,15H,3-4H2,1-2H3,(H,17,19). The molecule has 0 bridgehead atoms. The van der Waals surface area contributed by atoms with Crippen LogP contribution in [0.5, 0.6) is 0 Å². The molecule has 0 saturated carbocycles. The fourth-order valence-electron chi connectivity index (χ4n) is 1.83. The monoisotopic (exact) mass is 258 g/mol. The highest BCUT2D eigenvalue weighted by Crippen LogP contribution is 2.16. The number of hydrogen-bond acceptors (Lipinski definition) is 3. The van der Waals surface area contributed by atoms with Crippen LogP contribution in [0.1, 0.15) is 24.2 Å². The minimum absolute atomic E-state index is 0.132. The van der Waals surface area contributed by atoms with Gasteiger partial charge in [-0.3, -0.25) is 9.48 Å². The lowest BCUT2D eigenvalue weighted by molar-refractivity contribution is 0.102. The Morgan fingerprint density at radius 2 is 2.11 bits per heavy atom. The fourth-order valence-corrected chi connectivity index (χ4v) is 1.83. The molecule has 5 heteroatoms. The van der Waals surface area contributed by atoms with Crippen molar-refractivity contribution in [1.82, 2.24) is 9.78 Å². The van der Waals surface area contributed by atoms with Gasteiger partial charge < -0.3 is 10.6 Å². The molecule has 1 aromatic carbocycles. The second-order valence-corrected chi connectivity index (χ2v) is 4.11. The van der Waals surface area contributed by atoms with E-state index in [1.165, 1.54) is 0 Å². The molecule has 0 fully saturated rings. The second kappa shape index (κ2) is 6.04. The molecular weight excluding hydrogens is 240 g/mol. The number of carbonyl (C=O) groups is 1. The van der Waals surface area contributed by atoms with Crippen LogP contribution in [0, 0.1) is 0 Å². The maximum atomic E-state index is 12.2. The fraction of sp³-hybridized carbons (Fsp3) is 0.286. The Labute approximate surface area is 112 Å². The molecule has 0 aliphatic carbocycles. The van der Waals surface area contributed by atoms with Crippen LogP contribution in [0.25, 0.3) is 0 Å². The van der Waals surface area contributed by atoms with E-state index in [2.05, 4.69) is 15.7 Å². The van der Waals surface area contributed by atoms with E-state index in [-0.39, 0.29) is 5.91 Å². The van der Waals surface area contributed by atoms with Gasteiger partial charge in [-0.2, -0.15) is 5.10 Å². The number of nitrogens with one attached hydrogen (secondary N) is 2. The van der Waals surface area contributed by atoms with Crippen molar-refractivity contribution in [1.29, 1.82) is 0 Å². The lowest BCUT2D eigenvalue weighted by atomic mass is 10.1. The summed E-state index contributed by atoms with van der Waals surface area (Å²) in [5.41, 5.74) is 2.18. The third-order valence-electron chi connectivity index (χ3n) is 2.75. The van der Waals surface area contributed by atoms with Crippen LogP contribution in [0.2, 0.25) is 0 Å². The van der Waals surface area contributed by atoms with Gasteiger partial charge in [0.05, 0.1) is 17.4 Å². The predicted octanol–water partition coefficient (Wildman–Crippen LogP) is 2.59. The first-order valence-electron chi connectivity index (χ1n) is 6.41. The van der Waals surface area contributed by atoms with Gasteiger partial charge in [-0.05, 0) is 26.0 Å². The number of nitrogens with zero attached hydrogens (tertiary/aromatic N) is 2. The van der Waals surface area contributed by atoms with E-state index in [1.54, 1.807) is 16.9 Å². The normalized spacial score (nSPS) is 10.2. The molecule has 1 aromatic heterocycles. The zero-order valence-corrected chi connectivity index (χ0v) is 11.2. The molecule has 19 heavy (non-hydrogen) atoms. The third-order valence-corrected chi connectivity index (χ3v) is 2.75. The summed E-state index contributed by atoms with van der Waals surface area (Å²) in [7, 11) is 0. The molecule has 0 saturated heterocycles. The summed E-state index contributed by atoms with van der Waals surface area (Å²) >= 11 is 0. The van der Waals surface area contributed by atoms with Crippen molar-refractivity contribution in [3.63, 3.8) is 0 Å². The first kappa shape index (κ1) is 13.1. The number of amides is 1. The second-order valence-electron chi connectivity index (χ2n) is 4.11. The van der Waals surface area contributed by atoms with Gasteiger partial charge in [0.15, 0.2) is 0 Å². The highest BCUT2D eigenvalue weighted by Gasteiger charge is 2.11. The molecule has 0 unspecified atom stereocenters. The quantitative estimate of drug-likeness (QED) is 0.866. The van der Waals surface area contributed by atoms with Crippen molar-refractivity contribution in [2.45, 2.75) is 20.4 Å². The van der Waals surface area contributed by atoms with Crippen molar-refractivity contribution in [2.75, 3.05) is 17.2 Å². The summed E-state index contributed by atoms with van der Waals surface area (Å²) in [6.45, 7) is 5.56. The first-order valence-corrected chi connectivity index (χ1v) is 6.41. The van der Waals surface area contributed by atoms with Crippen LogP contribution in [0.4, 0.5) is 11.4 Å². The Hall–Kier alpha value is -2.30. The number of benzene rings is 1. The van der Waals surface area contributed by atoms with Crippen LogP contribution in [-0.2, 0) is 6.54 Å². The smallest absolute Gasteiger partial charge is 0.257 e. The Bertz CT molecular complexity index is 562. The van der Waals surface area contributed by atoms with Crippen molar-refractivity contribution < 1.29 is 4.79 Å². The van der Waals surface area contributed by atoms with E-state index in [0.29, 0.717) is 11.3 Å². The molecule has 100 valence electrons. The maximum absolute atomic E-state index is 12.2. The Kier molecular flexibility index (Phi) is 4.18. The molecule has 0 atom stereocenters. The van der Waals surface area contributed by atoms with Crippen molar-refractivity contribution in [3.8, 4) is 0 Å². The van der Waals surface area contributed by atoms with E-state index >= 15 is 0 Å². The number of aryl methyl sites for hydroxylation is 1. The van der Waals surface area contributed by atoms with E-state index < -0.39 is 0 Å². The molecule has 0 radical (unpaired) electrons. The minimum Gasteiger partial charge on any atom is -0.385 e. The Morgan fingerprint density at radius 1 is 1.32 bits per heavy atom. The van der Waals surface area contributed by atoms with Gasteiger partial charge >= 0.3 is 0 Å². The van der Waals surface area contributed by atoms with Crippen LogP contribution >= 0.6 is 0 Å². The molecule has 2 N–H and O–H groups in total. The van der Waals surface area contributed by atoms with Gasteiger partial charge in [0.25, 0.3) is 5.91 Å². The van der Waals surface area contributed by atoms with Gasteiger partial charge in [-0.15, -0.1) is 0 Å². The van der Waals surface area contributed by atoms with Gasteiger partial charge in [0.1, 0.15) is 0 Å². The van der Waals surface area contributed by atoms with Crippen molar-refractivity contribution in [2.24, 2.45) is 0 Å². The van der Waals surface area contributed by atoms with Crippen LogP contribution < -0.4 is 10.6 Å². The predicted molar refractivity (Wildman–Crippen MR) is 76.5 cm³/mol. The molecule has 1 heterocycles. The molecule has 2 rings (SSSR count). The lowest BCUT2D eigenvalue weighted by Crippen LogP contribution is -2.14. The van der Waals surface area contributed by atoms with E-state index in [4.69, 9.17) is 0 Å². The summed E-state index contributed by atoms with van der Waals surface area (Å²) < 4.78 is 1.77. The Morgan fingerprint density at radius 3 is 2.79 bits per heavy atom. The maximum Gasteiger partial charge on any atom is 0.257 e. The van der Waals surface area contributed by atoms with Gasteiger partial charge in [0.2, 0.25) is 0 Å². The highest BCUT2D eigenvalue weighted by molar-refractivity contribution is 6.07. The Balaban J connectivity index is 2.15. The summed E-state index contributed by atoms with van der Waals surface area (Å²) in [5.74, 6) is -0.132. The lowest BCUT2D eigenvalue weighted by Gasteiger charge is -2.09. The molecule has 0 spiro atoms. The van der Waals surface area contributed by atoms with Gasteiger partial charge in [-0.25, -0.2) is 0 Å². The number of para-hydroxylation sites is 1. The minimum atomic E-state index is -0.132. The summed E-state index contributed by atoms with van der Waals surface area (Å²) in [6.07, 6.45) is 3.46. The summed E-state index contributed by atoms with van der Waals surface area (Å²) in [4.78, 5) is 12.2. The third kappa shape index (κ3) is 3.13. The average molecular weight is 258 g/mol. The van der Waals surface area contributed by atoms with Crippen molar-refractivity contribution >= 4 is 17.3 Å². The first-order chi connectivity index (χ1) is 9.24. The molecule has 0 aliphatic rings. The number of carbonyl (C=O) groups excluding carboxylic acids is 1. The number of rotatable bonds is 5. The van der Waals surface area contributed by atoms with Gasteiger partial charge in [-0.1, -0.05) is 12.1 Å². The number of hydrogen-bond donors (Lipinski definition) is 2. The van der Waals surface area contributed by atoms with Crippen LogP contribution in [0.15, 0.2) is 36.7 Å². The molecular formula is C14H18N4O. The molecule has 1 amide bonds. The van der Waals surface area contributed by atoms with Gasteiger partial charge in [0, 0.05) is 25.0 Å². The van der Waals surface area contributed by atoms with Crippen LogP contribution in [0.3, 0.4) is 0 Å². The van der Waals surface area contributed by atoms with E-state index in [0.717, 1.165) is 18.8 Å². The number of aromatic nitrogens is 2. The van der Waals surface area contributed by atoms with E-state index in [9.17, 15) is 4.79 Å². The molecule has 0 aliphatic heterocycles. The topological polar surface area (TPSA) is 59.0 Å².